The molecule has 2 aromatic heterocycles. The van der Waals surface area contributed by atoms with Crippen LogP contribution in [0.15, 0.2) is 42.5 Å². The number of aliphatic carboxylic acids is 1. The fraction of sp³-hybridized carbons (Fsp3) is 0.150. The van der Waals surface area contributed by atoms with Crippen molar-refractivity contribution in [2.24, 2.45) is 7.05 Å². The van der Waals surface area contributed by atoms with Crippen LogP contribution in [0.4, 0.5) is 8.78 Å². The highest BCUT2D eigenvalue weighted by atomic mass is 19.2. The Morgan fingerprint density at radius 2 is 2.00 bits per heavy atom. The lowest BCUT2D eigenvalue weighted by atomic mass is 10.2. The van der Waals surface area contributed by atoms with Crippen molar-refractivity contribution in [2.45, 2.75) is 12.5 Å². The number of carbonyl (C=O) groups excluding carboxylic acids is 1. The van der Waals surface area contributed by atoms with Crippen molar-refractivity contribution in [2.75, 3.05) is 0 Å². The van der Waals surface area contributed by atoms with Crippen molar-refractivity contribution in [3.05, 3.63) is 65.6 Å². The minimum atomic E-state index is -1.31. The van der Waals surface area contributed by atoms with E-state index in [-0.39, 0.29) is 23.3 Å². The van der Waals surface area contributed by atoms with Crippen LogP contribution in [0.2, 0.25) is 0 Å². The molecule has 2 aromatic carbocycles. The third kappa shape index (κ3) is 3.31. The maximum absolute atomic E-state index is 13.8. The Morgan fingerprint density at radius 1 is 1.24 bits per heavy atom. The monoisotopic (exact) mass is 398 g/mol. The summed E-state index contributed by atoms with van der Waals surface area (Å²) in [6.45, 7) is 0. The summed E-state index contributed by atoms with van der Waals surface area (Å²) >= 11 is 0. The van der Waals surface area contributed by atoms with Crippen molar-refractivity contribution < 1.29 is 23.5 Å². The second-order valence-corrected chi connectivity index (χ2v) is 6.66. The molecule has 4 rings (SSSR count). The summed E-state index contributed by atoms with van der Waals surface area (Å²) in [7, 11) is 1.71. The second-order valence-electron chi connectivity index (χ2n) is 6.66. The summed E-state index contributed by atoms with van der Waals surface area (Å²) in [6, 6.07) is 10.0. The zero-order valence-corrected chi connectivity index (χ0v) is 15.2. The lowest BCUT2D eigenvalue weighted by Gasteiger charge is -2.13. The molecule has 0 aliphatic heterocycles. The van der Waals surface area contributed by atoms with Crippen LogP contribution in [-0.2, 0) is 18.3 Å². The Bertz CT molecular complexity index is 1260. The number of imidazole rings is 1. The number of halogens is 2. The van der Waals surface area contributed by atoms with E-state index in [0.717, 1.165) is 17.0 Å². The highest BCUT2D eigenvalue weighted by Gasteiger charge is 2.25. The average Bonchev–Trinajstić information content (AvgIpc) is 3.26. The molecule has 0 radical (unpaired) electrons. The van der Waals surface area contributed by atoms with Crippen LogP contribution in [0.5, 0.6) is 0 Å². The first kappa shape index (κ1) is 18.6. The molecule has 4 aromatic rings. The normalized spacial score (nSPS) is 12.4. The number of hydrogen-bond acceptors (Lipinski definition) is 3. The molecule has 3 N–H and O–H groups in total. The lowest BCUT2D eigenvalue weighted by Crippen LogP contribution is -2.43. The fourth-order valence-electron chi connectivity index (χ4n) is 3.30. The Morgan fingerprint density at radius 3 is 2.72 bits per heavy atom. The Kier molecular flexibility index (Phi) is 4.50. The first-order chi connectivity index (χ1) is 13.8. The summed E-state index contributed by atoms with van der Waals surface area (Å²) in [4.78, 5) is 31.0. The fourth-order valence-corrected chi connectivity index (χ4v) is 3.30. The molecule has 0 aliphatic carbocycles. The van der Waals surface area contributed by atoms with Crippen molar-refractivity contribution >= 4 is 33.8 Å². The minimum Gasteiger partial charge on any atom is -0.480 e. The molecule has 0 aliphatic rings. The van der Waals surface area contributed by atoms with Crippen molar-refractivity contribution in [1.82, 2.24) is 19.9 Å². The van der Waals surface area contributed by atoms with Gasteiger partial charge in [0.05, 0.1) is 5.52 Å². The number of aryl methyl sites for hydroxylation is 1. The van der Waals surface area contributed by atoms with Gasteiger partial charge in [-0.05, 0) is 24.3 Å². The van der Waals surface area contributed by atoms with Crippen LogP contribution >= 0.6 is 0 Å². The van der Waals surface area contributed by atoms with E-state index in [0.29, 0.717) is 5.69 Å². The SMILES string of the molecule is Cn1c(C(=O)N[C@H](Cc2nc3c(F)c(F)ccc3[nH]2)C(=O)O)cc2ccccc21. The van der Waals surface area contributed by atoms with Crippen LogP contribution in [-0.4, -0.2) is 37.6 Å². The van der Waals surface area contributed by atoms with Crippen molar-refractivity contribution in [3.63, 3.8) is 0 Å². The van der Waals surface area contributed by atoms with Crippen molar-refractivity contribution in [3.8, 4) is 0 Å². The molecular formula is C20H16F2N4O3. The highest BCUT2D eigenvalue weighted by molar-refractivity contribution is 6.00. The molecule has 0 saturated carbocycles. The molecule has 0 fully saturated rings. The van der Waals surface area contributed by atoms with Gasteiger partial charge in [0, 0.05) is 24.4 Å². The Balaban J connectivity index is 1.59. The number of nitrogens with zero attached hydrogens (tertiary/aromatic N) is 2. The van der Waals surface area contributed by atoms with E-state index in [4.69, 9.17) is 0 Å². The summed E-state index contributed by atoms with van der Waals surface area (Å²) in [5.41, 5.74) is 1.15. The number of hydrogen-bond donors (Lipinski definition) is 3. The molecule has 0 unspecified atom stereocenters. The molecule has 1 atom stereocenters. The third-order valence-electron chi connectivity index (χ3n) is 4.78. The molecule has 7 nitrogen and oxygen atoms in total. The van der Waals surface area contributed by atoms with E-state index in [1.807, 2.05) is 24.3 Å². The number of aromatic amines is 1. The minimum absolute atomic E-state index is 0.120. The zero-order valence-electron chi connectivity index (χ0n) is 15.2. The van der Waals surface area contributed by atoms with Crippen LogP contribution in [0, 0.1) is 11.6 Å². The summed E-state index contributed by atoms with van der Waals surface area (Å²) in [5.74, 6) is -3.88. The lowest BCUT2D eigenvalue weighted by molar-refractivity contribution is -0.139. The Hall–Kier alpha value is -3.75. The Labute approximate surface area is 163 Å². The molecule has 9 heteroatoms. The first-order valence-corrected chi connectivity index (χ1v) is 8.76. The van der Waals surface area contributed by atoms with Gasteiger partial charge in [-0.25, -0.2) is 18.6 Å². The predicted octanol–water partition coefficient (Wildman–Crippen LogP) is 2.76. The standard InChI is InChI=1S/C20H16F2N4O3/c1-26-14-5-3-2-4-10(14)8-15(26)19(27)24-13(20(28)29)9-16-23-12-7-6-11(21)17(22)18(12)25-16/h2-8,13H,9H2,1H3,(H,23,25)(H,24,27)(H,28,29)/t13-/m1/s1. The number of carboxylic acids is 1. The smallest absolute Gasteiger partial charge is 0.326 e. The van der Waals surface area contributed by atoms with Gasteiger partial charge in [0.25, 0.3) is 5.91 Å². The van der Waals surface area contributed by atoms with E-state index >= 15 is 0 Å². The van der Waals surface area contributed by atoms with Crippen LogP contribution in [0.3, 0.4) is 0 Å². The summed E-state index contributed by atoms with van der Waals surface area (Å²) in [5, 5.41) is 12.8. The van der Waals surface area contributed by atoms with Gasteiger partial charge in [0.2, 0.25) is 0 Å². The topological polar surface area (TPSA) is 100 Å². The number of fused-ring (bicyclic) bond motifs is 2. The van der Waals surface area contributed by atoms with E-state index in [9.17, 15) is 23.5 Å². The summed E-state index contributed by atoms with van der Waals surface area (Å²) in [6.07, 6.45) is -0.221. The van der Waals surface area contributed by atoms with Gasteiger partial charge in [-0.1, -0.05) is 18.2 Å². The molecule has 2 heterocycles. The van der Waals surface area contributed by atoms with Gasteiger partial charge < -0.3 is 20.0 Å². The molecular weight excluding hydrogens is 382 g/mol. The first-order valence-electron chi connectivity index (χ1n) is 8.76. The van der Waals surface area contributed by atoms with Gasteiger partial charge in [-0.15, -0.1) is 0 Å². The number of carbonyl (C=O) groups is 2. The quantitative estimate of drug-likeness (QED) is 0.481. The number of aromatic nitrogens is 3. The van der Waals surface area contributed by atoms with Gasteiger partial charge in [0.1, 0.15) is 23.1 Å². The number of para-hydroxylation sites is 1. The molecule has 0 spiro atoms. The maximum atomic E-state index is 13.8. The summed E-state index contributed by atoms with van der Waals surface area (Å²) < 4.78 is 28.9. The highest BCUT2D eigenvalue weighted by Crippen LogP contribution is 2.20. The van der Waals surface area contributed by atoms with Gasteiger partial charge in [-0.2, -0.15) is 0 Å². The number of benzene rings is 2. The van der Waals surface area contributed by atoms with E-state index in [2.05, 4.69) is 15.3 Å². The molecule has 29 heavy (non-hydrogen) atoms. The molecule has 148 valence electrons. The van der Waals surface area contributed by atoms with Gasteiger partial charge in [0.15, 0.2) is 11.6 Å². The maximum Gasteiger partial charge on any atom is 0.326 e. The van der Waals surface area contributed by atoms with Gasteiger partial charge >= 0.3 is 5.97 Å². The number of rotatable bonds is 5. The van der Waals surface area contributed by atoms with E-state index in [1.54, 1.807) is 17.7 Å². The number of H-pyrrole nitrogens is 1. The average molecular weight is 398 g/mol. The van der Waals surface area contributed by atoms with Gasteiger partial charge in [-0.3, -0.25) is 4.79 Å². The molecule has 1 amide bonds. The number of carboxylic acid groups (broad SMARTS) is 1. The predicted molar refractivity (Wildman–Crippen MR) is 102 cm³/mol. The largest absolute Gasteiger partial charge is 0.480 e. The molecule has 0 bridgehead atoms. The van der Waals surface area contributed by atoms with E-state index in [1.165, 1.54) is 6.07 Å². The number of nitrogens with one attached hydrogen (secondary N) is 2. The zero-order chi connectivity index (χ0) is 20.7. The second kappa shape index (κ2) is 7.01. The number of amides is 1. The van der Waals surface area contributed by atoms with Crippen LogP contribution in [0.1, 0.15) is 16.3 Å². The van der Waals surface area contributed by atoms with Crippen molar-refractivity contribution in [1.29, 1.82) is 0 Å². The van der Waals surface area contributed by atoms with Crippen LogP contribution < -0.4 is 5.32 Å². The van der Waals surface area contributed by atoms with E-state index < -0.39 is 29.6 Å². The molecule has 0 saturated heterocycles. The third-order valence-corrected chi connectivity index (χ3v) is 4.78. The van der Waals surface area contributed by atoms with Crippen LogP contribution in [0.25, 0.3) is 21.9 Å².